The van der Waals surface area contributed by atoms with Crippen molar-refractivity contribution in [2.75, 3.05) is 13.6 Å². The Kier molecular flexibility index (Phi) is 4.29. The van der Waals surface area contributed by atoms with Gasteiger partial charge in [-0.1, -0.05) is 37.5 Å². The average Bonchev–Trinajstić information content (AvgIpc) is 2.97. The fourth-order valence-corrected chi connectivity index (χ4v) is 3.51. The summed E-state index contributed by atoms with van der Waals surface area (Å²) in [7, 11) is 2.04. The number of rotatable bonds is 5. The SMILES string of the molecule is CNCC1(Cc2nnnn2-c2ccccc2)CCCCC1. The van der Waals surface area contributed by atoms with Crippen molar-refractivity contribution in [3.05, 3.63) is 36.2 Å². The van der Waals surface area contributed by atoms with Crippen LogP contribution in [0.25, 0.3) is 5.69 Å². The minimum absolute atomic E-state index is 0.300. The monoisotopic (exact) mass is 285 g/mol. The minimum Gasteiger partial charge on any atom is -0.319 e. The van der Waals surface area contributed by atoms with E-state index in [1.54, 1.807) is 0 Å². The molecule has 0 spiro atoms. The van der Waals surface area contributed by atoms with Crippen molar-refractivity contribution in [2.45, 2.75) is 38.5 Å². The van der Waals surface area contributed by atoms with Crippen molar-refractivity contribution in [2.24, 2.45) is 5.41 Å². The fourth-order valence-electron chi connectivity index (χ4n) is 3.51. The maximum Gasteiger partial charge on any atom is 0.157 e. The van der Waals surface area contributed by atoms with Crippen LogP contribution in [0.4, 0.5) is 0 Å². The molecule has 5 nitrogen and oxygen atoms in total. The summed E-state index contributed by atoms with van der Waals surface area (Å²) in [6.45, 7) is 1.04. The number of hydrogen-bond donors (Lipinski definition) is 1. The summed E-state index contributed by atoms with van der Waals surface area (Å²) in [5.41, 5.74) is 1.33. The summed E-state index contributed by atoms with van der Waals surface area (Å²) in [5.74, 6) is 0.971. The topological polar surface area (TPSA) is 55.6 Å². The average molecular weight is 285 g/mol. The lowest BCUT2D eigenvalue weighted by molar-refractivity contribution is 0.180. The molecule has 3 rings (SSSR count). The molecule has 5 heteroatoms. The summed E-state index contributed by atoms with van der Waals surface area (Å²) in [5, 5.41) is 15.7. The molecular formula is C16H23N5. The predicted molar refractivity (Wildman–Crippen MR) is 82.3 cm³/mol. The van der Waals surface area contributed by atoms with Crippen LogP contribution in [0.15, 0.2) is 30.3 Å². The first-order valence-electron chi connectivity index (χ1n) is 7.80. The molecule has 0 unspecified atom stereocenters. The maximum atomic E-state index is 4.29. The van der Waals surface area contributed by atoms with Crippen LogP contribution in [0, 0.1) is 5.41 Å². The zero-order valence-corrected chi connectivity index (χ0v) is 12.6. The molecule has 2 aromatic rings. The molecule has 1 aliphatic carbocycles. The molecule has 1 aromatic carbocycles. The van der Waals surface area contributed by atoms with E-state index in [0.29, 0.717) is 5.41 Å². The van der Waals surface area contributed by atoms with Gasteiger partial charge in [-0.3, -0.25) is 0 Å². The van der Waals surface area contributed by atoms with Gasteiger partial charge in [0.1, 0.15) is 0 Å². The quantitative estimate of drug-likeness (QED) is 0.916. The van der Waals surface area contributed by atoms with Gasteiger partial charge in [-0.15, -0.1) is 5.10 Å². The molecule has 0 bridgehead atoms. The molecule has 1 aromatic heterocycles. The van der Waals surface area contributed by atoms with Crippen molar-refractivity contribution in [3.8, 4) is 5.69 Å². The maximum absolute atomic E-state index is 4.29. The lowest BCUT2D eigenvalue weighted by Crippen LogP contribution is -2.37. The largest absolute Gasteiger partial charge is 0.319 e. The van der Waals surface area contributed by atoms with Gasteiger partial charge in [-0.2, -0.15) is 4.68 Å². The van der Waals surface area contributed by atoms with Gasteiger partial charge in [-0.25, -0.2) is 0 Å². The Morgan fingerprint density at radius 3 is 2.62 bits per heavy atom. The molecule has 0 aliphatic heterocycles. The van der Waals surface area contributed by atoms with Gasteiger partial charge in [0.15, 0.2) is 5.82 Å². The second kappa shape index (κ2) is 6.35. The Balaban J connectivity index is 1.85. The molecule has 0 saturated heterocycles. The predicted octanol–water partition coefficient (Wildman–Crippen LogP) is 2.37. The number of tetrazole rings is 1. The molecule has 112 valence electrons. The van der Waals surface area contributed by atoms with Crippen molar-refractivity contribution < 1.29 is 0 Å². The number of benzene rings is 1. The molecule has 0 amide bonds. The third kappa shape index (κ3) is 3.13. The number of para-hydroxylation sites is 1. The van der Waals surface area contributed by atoms with Crippen molar-refractivity contribution in [3.63, 3.8) is 0 Å². The number of nitrogens with zero attached hydrogens (tertiary/aromatic N) is 4. The summed E-state index contributed by atoms with van der Waals surface area (Å²) in [6, 6.07) is 10.1. The van der Waals surface area contributed by atoms with E-state index in [2.05, 4.69) is 20.8 Å². The van der Waals surface area contributed by atoms with E-state index in [4.69, 9.17) is 0 Å². The van der Waals surface area contributed by atoms with Gasteiger partial charge in [0.05, 0.1) is 5.69 Å². The number of hydrogen-bond acceptors (Lipinski definition) is 4. The third-order valence-electron chi connectivity index (χ3n) is 4.53. The minimum atomic E-state index is 0.300. The van der Waals surface area contributed by atoms with Crippen LogP contribution in [-0.4, -0.2) is 33.8 Å². The second-order valence-electron chi connectivity index (χ2n) is 6.11. The van der Waals surface area contributed by atoms with E-state index >= 15 is 0 Å². The summed E-state index contributed by atoms with van der Waals surface area (Å²) >= 11 is 0. The van der Waals surface area contributed by atoms with Crippen LogP contribution in [0.2, 0.25) is 0 Å². The van der Waals surface area contributed by atoms with Crippen LogP contribution in [0.5, 0.6) is 0 Å². The van der Waals surface area contributed by atoms with E-state index < -0.39 is 0 Å². The first-order valence-corrected chi connectivity index (χ1v) is 7.80. The van der Waals surface area contributed by atoms with Crippen LogP contribution in [0.3, 0.4) is 0 Å². The first kappa shape index (κ1) is 14.2. The fraction of sp³-hybridized carbons (Fsp3) is 0.562. The molecule has 0 radical (unpaired) electrons. The van der Waals surface area contributed by atoms with Gasteiger partial charge in [0, 0.05) is 13.0 Å². The molecule has 21 heavy (non-hydrogen) atoms. The highest BCUT2D eigenvalue weighted by Crippen LogP contribution is 2.38. The molecule has 1 aliphatic rings. The zero-order valence-electron chi connectivity index (χ0n) is 12.6. The molecule has 1 fully saturated rings. The number of aromatic nitrogens is 4. The summed E-state index contributed by atoms with van der Waals surface area (Å²) in [4.78, 5) is 0. The Bertz CT molecular complexity index is 552. The summed E-state index contributed by atoms with van der Waals surface area (Å²) < 4.78 is 1.88. The highest BCUT2D eigenvalue weighted by molar-refractivity contribution is 5.30. The first-order chi connectivity index (χ1) is 10.3. The smallest absolute Gasteiger partial charge is 0.157 e. The van der Waals surface area contributed by atoms with Gasteiger partial charge < -0.3 is 5.32 Å². The molecule has 1 heterocycles. The molecular weight excluding hydrogens is 262 g/mol. The van der Waals surface area contributed by atoms with E-state index in [1.807, 2.05) is 42.1 Å². The lowest BCUT2D eigenvalue weighted by Gasteiger charge is -2.36. The standard InChI is InChI=1S/C16H23N5/c1-17-13-16(10-6-3-7-11-16)12-15-18-19-20-21(15)14-8-4-2-5-9-14/h2,4-5,8-9,17H,3,6-7,10-13H2,1H3. The third-order valence-corrected chi connectivity index (χ3v) is 4.53. The van der Waals surface area contributed by atoms with E-state index in [0.717, 1.165) is 24.5 Å². The Hall–Kier alpha value is -1.75. The van der Waals surface area contributed by atoms with Gasteiger partial charge in [0.25, 0.3) is 0 Å². The van der Waals surface area contributed by atoms with Gasteiger partial charge in [-0.05, 0) is 47.9 Å². The second-order valence-corrected chi connectivity index (χ2v) is 6.11. The number of nitrogens with one attached hydrogen (secondary N) is 1. The van der Waals surface area contributed by atoms with Crippen LogP contribution >= 0.6 is 0 Å². The normalized spacial score (nSPS) is 17.8. The highest BCUT2D eigenvalue weighted by Gasteiger charge is 2.33. The molecule has 1 N–H and O–H groups in total. The Morgan fingerprint density at radius 2 is 1.90 bits per heavy atom. The van der Waals surface area contributed by atoms with Crippen molar-refractivity contribution >= 4 is 0 Å². The Labute approximate surface area is 125 Å². The van der Waals surface area contributed by atoms with Crippen molar-refractivity contribution in [1.82, 2.24) is 25.5 Å². The van der Waals surface area contributed by atoms with Gasteiger partial charge in [0.2, 0.25) is 0 Å². The van der Waals surface area contributed by atoms with Gasteiger partial charge >= 0.3 is 0 Å². The zero-order chi connectivity index (χ0) is 14.5. The highest BCUT2D eigenvalue weighted by atomic mass is 15.5. The molecule has 0 atom stereocenters. The van der Waals surface area contributed by atoms with Crippen LogP contribution < -0.4 is 5.32 Å². The molecule has 1 saturated carbocycles. The van der Waals surface area contributed by atoms with Crippen LogP contribution in [-0.2, 0) is 6.42 Å². The lowest BCUT2D eigenvalue weighted by atomic mass is 9.71. The van der Waals surface area contributed by atoms with Crippen LogP contribution in [0.1, 0.15) is 37.9 Å². The Morgan fingerprint density at radius 1 is 1.14 bits per heavy atom. The van der Waals surface area contributed by atoms with Crippen molar-refractivity contribution in [1.29, 1.82) is 0 Å². The summed E-state index contributed by atoms with van der Waals surface area (Å²) in [6.07, 6.45) is 7.44. The van der Waals surface area contributed by atoms with E-state index in [-0.39, 0.29) is 0 Å². The van der Waals surface area contributed by atoms with E-state index in [9.17, 15) is 0 Å². The van der Waals surface area contributed by atoms with E-state index in [1.165, 1.54) is 32.1 Å².